The van der Waals surface area contributed by atoms with Gasteiger partial charge < -0.3 is 14.9 Å². The van der Waals surface area contributed by atoms with Crippen LogP contribution in [0, 0.1) is 0 Å². The Bertz CT molecular complexity index is 527. The number of ether oxygens (including phenoxy) is 1. The molecule has 0 aromatic heterocycles. The van der Waals surface area contributed by atoms with Crippen LogP contribution < -0.4 is 4.74 Å². The average molecular weight is 379 g/mol. The Hall–Kier alpha value is -1.55. The van der Waals surface area contributed by atoms with Gasteiger partial charge in [-0.05, 0) is 30.5 Å². The molecule has 2 N–H and O–H groups in total. The minimum Gasteiger partial charge on any atom is -0.504 e. The number of methoxy groups -OCH3 is 1. The van der Waals surface area contributed by atoms with Crippen molar-refractivity contribution in [1.82, 2.24) is 0 Å². The maximum Gasteiger partial charge on any atom is 0.160 e. The highest BCUT2D eigenvalue weighted by molar-refractivity contribution is 5.79. The summed E-state index contributed by atoms with van der Waals surface area (Å²) in [4.78, 5) is 12.1. The highest BCUT2D eigenvalue weighted by Crippen LogP contribution is 2.26. The third-order valence-corrected chi connectivity index (χ3v) is 5.04. The lowest BCUT2D eigenvalue weighted by molar-refractivity contribution is -0.121. The molecule has 1 atom stereocenters. The van der Waals surface area contributed by atoms with Crippen LogP contribution in [-0.2, 0) is 11.2 Å². The summed E-state index contributed by atoms with van der Waals surface area (Å²) in [6.45, 7) is 2.24. The first kappa shape index (κ1) is 23.5. The van der Waals surface area contributed by atoms with Crippen LogP contribution in [0.25, 0.3) is 0 Å². The number of Topliss-reactive ketones (excluding diaryl/α,β-unsaturated/α-hetero) is 1. The van der Waals surface area contributed by atoms with E-state index in [2.05, 4.69) is 6.92 Å². The number of phenols is 1. The van der Waals surface area contributed by atoms with E-state index < -0.39 is 6.10 Å². The summed E-state index contributed by atoms with van der Waals surface area (Å²) in [5, 5.41) is 19.7. The number of aryl methyl sites for hydroxylation is 1. The number of hydrogen-bond acceptors (Lipinski definition) is 4. The van der Waals surface area contributed by atoms with Gasteiger partial charge in [0.2, 0.25) is 0 Å². The van der Waals surface area contributed by atoms with E-state index in [1.54, 1.807) is 18.2 Å². The van der Waals surface area contributed by atoms with Crippen molar-refractivity contribution in [2.75, 3.05) is 7.11 Å². The molecule has 0 heterocycles. The normalized spacial score (nSPS) is 12.1. The van der Waals surface area contributed by atoms with Gasteiger partial charge in [0.15, 0.2) is 11.5 Å². The lowest BCUT2D eigenvalue weighted by Crippen LogP contribution is -2.14. The maximum absolute atomic E-state index is 12.1. The first-order valence-corrected chi connectivity index (χ1v) is 10.6. The Morgan fingerprint density at radius 2 is 1.67 bits per heavy atom. The monoisotopic (exact) mass is 378 g/mol. The predicted octanol–water partition coefficient (Wildman–Crippen LogP) is 5.57. The lowest BCUT2D eigenvalue weighted by atomic mass is 10.00. The number of aromatic hydroxyl groups is 1. The molecular weight excluding hydrogens is 340 g/mol. The molecule has 0 aliphatic heterocycles. The van der Waals surface area contributed by atoms with Gasteiger partial charge in [-0.2, -0.15) is 0 Å². The molecule has 0 radical (unpaired) electrons. The van der Waals surface area contributed by atoms with Crippen LogP contribution in [0.4, 0.5) is 0 Å². The Balaban J connectivity index is 2.09. The topological polar surface area (TPSA) is 66.8 Å². The Morgan fingerprint density at radius 1 is 1.04 bits per heavy atom. The molecule has 1 aromatic rings. The van der Waals surface area contributed by atoms with Gasteiger partial charge in [-0.1, -0.05) is 70.8 Å². The molecule has 0 bridgehead atoms. The van der Waals surface area contributed by atoms with Crippen molar-refractivity contribution < 1.29 is 19.7 Å². The van der Waals surface area contributed by atoms with Gasteiger partial charge in [0.05, 0.1) is 13.2 Å². The number of phenolic OH excluding ortho intramolecular Hbond substituents is 1. The van der Waals surface area contributed by atoms with E-state index >= 15 is 0 Å². The minimum atomic E-state index is -0.517. The van der Waals surface area contributed by atoms with Crippen molar-refractivity contribution in [3.8, 4) is 11.5 Å². The summed E-state index contributed by atoms with van der Waals surface area (Å²) in [5.74, 6) is 0.611. The molecule has 4 heteroatoms. The molecule has 0 fully saturated rings. The fraction of sp³-hybridized carbons (Fsp3) is 0.696. The number of hydrogen-bond donors (Lipinski definition) is 2. The Kier molecular flexibility index (Phi) is 12.6. The van der Waals surface area contributed by atoms with Crippen LogP contribution in [0.1, 0.15) is 89.5 Å². The molecule has 0 amide bonds. The Morgan fingerprint density at radius 3 is 2.30 bits per heavy atom. The number of carbonyl (C=O) groups excluding carboxylic acids is 1. The van der Waals surface area contributed by atoms with E-state index in [0.717, 1.165) is 18.4 Å². The van der Waals surface area contributed by atoms with Gasteiger partial charge in [0.1, 0.15) is 5.78 Å². The SMILES string of the molecule is CCCCCCCCCCC[C@H](O)CC(=O)CCc1ccc(O)c(OC)c1. The second kappa shape index (κ2) is 14.5. The summed E-state index contributed by atoms with van der Waals surface area (Å²) in [7, 11) is 1.51. The molecule has 0 spiro atoms. The molecule has 154 valence electrons. The second-order valence-electron chi connectivity index (χ2n) is 7.52. The number of aliphatic hydroxyl groups excluding tert-OH is 1. The van der Waals surface area contributed by atoms with Crippen LogP contribution in [0.15, 0.2) is 18.2 Å². The standard InChI is InChI=1S/C23H38O4/c1-3-4-5-6-7-8-9-10-11-12-20(24)18-21(25)15-13-19-14-16-22(26)23(17-19)27-2/h14,16-17,20,24,26H,3-13,15,18H2,1-2H3/t20-/m0/s1. The molecule has 27 heavy (non-hydrogen) atoms. The van der Waals surface area contributed by atoms with Gasteiger partial charge in [0, 0.05) is 12.8 Å². The minimum absolute atomic E-state index is 0.0884. The number of unbranched alkanes of at least 4 members (excludes halogenated alkanes) is 8. The smallest absolute Gasteiger partial charge is 0.160 e. The van der Waals surface area contributed by atoms with Crippen LogP contribution in [0.3, 0.4) is 0 Å². The van der Waals surface area contributed by atoms with Crippen molar-refractivity contribution in [2.45, 2.75) is 96.5 Å². The average Bonchev–Trinajstić information content (AvgIpc) is 2.66. The zero-order valence-corrected chi connectivity index (χ0v) is 17.2. The predicted molar refractivity (Wildman–Crippen MR) is 110 cm³/mol. The second-order valence-corrected chi connectivity index (χ2v) is 7.52. The van der Waals surface area contributed by atoms with Crippen molar-refractivity contribution in [2.24, 2.45) is 0 Å². The lowest BCUT2D eigenvalue weighted by Gasteiger charge is -2.10. The highest BCUT2D eigenvalue weighted by Gasteiger charge is 2.11. The number of rotatable bonds is 16. The van der Waals surface area contributed by atoms with Gasteiger partial charge in [0.25, 0.3) is 0 Å². The molecule has 0 saturated heterocycles. The van der Waals surface area contributed by atoms with Gasteiger partial charge in [-0.15, -0.1) is 0 Å². The van der Waals surface area contributed by atoms with E-state index in [9.17, 15) is 15.0 Å². The fourth-order valence-corrected chi connectivity index (χ4v) is 3.32. The van der Waals surface area contributed by atoms with Crippen molar-refractivity contribution >= 4 is 5.78 Å². The zero-order valence-electron chi connectivity index (χ0n) is 17.2. The summed E-state index contributed by atoms with van der Waals surface area (Å²) in [5.41, 5.74) is 0.950. The zero-order chi connectivity index (χ0) is 19.9. The van der Waals surface area contributed by atoms with Crippen molar-refractivity contribution in [1.29, 1.82) is 0 Å². The van der Waals surface area contributed by atoms with E-state index in [4.69, 9.17) is 4.74 Å². The van der Waals surface area contributed by atoms with E-state index in [1.165, 1.54) is 52.1 Å². The molecule has 4 nitrogen and oxygen atoms in total. The molecule has 0 aliphatic rings. The van der Waals surface area contributed by atoms with Crippen LogP contribution in [0.2, 0.25) is 0 Å². The highest BCUT2D eigenvalue weighted by atomic mass is 16.5. The quantitative estimate of drug-likeness (QED) is 0.369. The fourth-order valence-electron chi connectivity index (χ4n) is 3.32. The number of benzene rings is 1. The molecule has 0 aliphatic carbocycles. The van der Waals surface area contributed by atoms with Crippen molar-refractivity contribution in [3.05, 3.63) is 23.8 Å². The van der Waals surface area contributed by atoms with Crippen LogP contribution in [-0.4, -0.2) is 29.2 Å². The summed E-state index contributed by atoms with van der Waals surface area (Å²) in [6.07, 6.45) is 12.8. The first-order chi connectivity index (χ1) is 13.1. The molecule has 1 rings (SSSR count). The van der Waals surface area contributed by atoms with Crippen LogP contribution >= 0.6 is 0 Å². The third-order valence-electron chi connectivity index (χ3n) is 5.04. The molecule has 1 aromatic carbocycles. The first-order valence-electron chi connectivity index (χ1n) is 10.6. The molecule has 0 saturated carbocycles. The Labute approximate surface area is 164 Å². The van der Waals surface area contributed by atoms with E-state index in [-0.39, 0.29) is 18.0 Å². The summed E-state index contributed by atoms with van der Waals surface area (Å²) >= 11 is 0. The van der Waals surface area contributed by atoms with E-state index in [1.807, 2.05) is 0 Å². The van der Waals surface area contributed by atoms with Crippen LogP contribution in [0.5, 0.6) is 11.5 Å². The van der Waals surface area contributed by atoms with Gasteiger partial charge in [-0.3, -0.25) is 4.79 Å². The third kappa shape index (κ3) is 11.0. The van der Waals surface area contributed by atoms with Gasteiger partial charge >= 0.3 is 0 Å². The molecular formula is C23H38O4. The maximum atomic E-state index is 12.1. The van der Waals surface area contributed by atoms with Gasteiger partial charge in [-0.25, -0.2) is 0 Å². The number of carbonyl (C=O) groups is 1. The summed E-state index contributed by atoms with van der Waals surface area (Å²) in [6, 6.07) is 5.13. The van der Waals surface area contributed by atoms with E-state index in [0.29, 0.717) is 25.0 Å². The number of aliphatic hydroxyl groups is 1. The largest absolute Gasteiger partial charge is 0.504 e. The van der Waals surface area contributed by atoms with Crippen molar-refractivity contribution in [3.63, 3.8) is 0 Å². The molecule has 0 unspecified atom stereocenters. The summed E-state index contributed by atoms with van der Waals surface area (Å²) < 4.78 is 5.08. The number of ketones is 1.